The number of nitrogens with zero attached hydrogens (tertiary/aromatic N) is 1. The van der Waals surface area contributed by atoms with Crippen LogP contribution in [-0.4, -0.2) is 50.3 Å². The number of nitrogens with one attached hydrogen (secondary N) is 1. The van der Waals surface area contributed by atoms with Gasteiger partial charge in [-0.05, 0) is 32.2 Å². The van der Waals surface area contributed by atoms with Gasteiger partial charge in [0.25, 0.3) is 0 Å². The zero-order valence-corrected chi connectivity index (χ0v) is 12.7. The highest BCUT2D eigenvalue weighted by molar-refractivity contribution is 4.76. The van der Waals surface area contributed by atoms with E-state index in [2.05, 4.69) is 31.0 Å². The fourth-order valence-electron chi connectivity index (χ4n) is 3.07. The first-order valence-corrected chi connectivity index (χ1v) is 7.63. The lowest BCUT2D eigenvalue weighted by atomic mass is 9.87. The van der Waals surface area contributed by atoms with Crippen molar-refractivity contribution in [3.05, 3.63) is 0 Å². The van der Waals surface area contributed by atoms with Crippen LogP contribution in [0.4, 0.5) is 0 Å². The van der Waals surface area contributed by atoms with E-state index in [0.717, 1.165) is 38.2 Å². The maximum atomic E-state index is 5.23. The minimum atomic E-state index is 0.520. The molecule has 1 saturated carbocycles. The van der Waals surface area contributed by atoms with Crippen molar-refractivity contribution in [1.29, 1.82) is 0 Å². The molecule has 0 bridgehead atoms. The number of hydrogen-bond donors (Lipinski definition) is 1. The van der Waals surface area contributed by atoms with Gasteiger partial charge in [0.2, 0.25) is 0 Å². The molecule has 18 heavy (non-hydrogen) atoms. The Kier molecular flexibility index (Phi) is 7.87. The Balaban J connectivity index is 2.18. The normalized spacial score (nSPS) is 26.5. The van der Waals surface area contributed by atoms with Crippen molar-refractivity contribution in [2.24, 2.45) is 5.92 Å². The second-order valence-corrected chi connectivity index (χ2v) is 5.86. The lowest BCUT2D eigenvalue weighted by molar-refractivity contribution is 0.102. The standard InChI is InChI=1S/C15H32N2O/c1-5-17(14(3)12-18-4)10-9-16-15-8-6-7-13(2)11-15/h13-16H,5-12H2,1-4H3. The van der Waals surface area contributed by atoms with Crippen LogP contribution in [-0.2, 0) is 4.74 Å². The Morgan fingerprint density at radius 3 is 2.78 bits per heavy atom. The predicted molar refractivity (Wildman–Crippen MR) is 78.0 cm³/mol. The van der Waals surface area contributed by atoms with Crippen LogP contribution in [0, 0.1) is 5.92 Å². The second-order valence-electron chi connectivity index (χ2n) is 5.86. The Bertz CT molecular complexity index is 211. The zero-order chi connectivity index (χ0) is 13.4. The van der Waals surface area contributed by atoms with E-state index in [1.165, 1.54) is 25.7 Å². The summed E-state index contributed by atoms with van der Waals surface area (Å²) in [4.78, 5) is 2.49. The minimum absolute atomic E-state index is 0.520. The molecule has 0 aromatic heterocycles. The van der Waals surface area contributed by atoms with Gasteiger partial charge in [0.1, 0.15) is 0 Å². The van der Waals surface area contributed by atoms with Crippen LogP contribution in [0.15, 0.2) is 0 Å². The fourth-order valence-corrected chi connectivity index (χ4v) is 3.07. The number of ether oxygens (including phenoxy) is 1. The molecule has 1 aliphatic carbocycles. The van der Waals surface area contributed by atoms with E-state index in [-0.39, 0.29) is 0 Å². The van der Waals surface area contributed by atoms with Crippen LogP contribution in [0.2, 0.25) is 0 Å². The highest BCUT2D eigenvalue weighted by Gasteiger charge is 2.18. The largest absolute Gasteiger partial charge is 0.383 e. The Labute approximate surface area is 113 Å². The zero-order valence-electron chi connectivity index (χ0n) is 12.7. The third-order valence-electron chi connectivity index (χ3n) is 4.21. The molecule has 3 heteroatoms. The average molecular weight is 256 g/mol. The first-order valence-electron chi connectivity index (χ1n) is 7.63. The number of likely N-dealkylation sites (N-methyl/N-ethyl adjacent to an activating group) is 1. The van der Waals surface area contributed by atoms with Crippen LogP contribution in [0.3, 0.4) is 0 Å². The molecular formula is C15H32N2O. The molecule has 1 N–H and O–H groups in total. The summed E-state index contributed by atoms with van der Waals surface area (Å²) in [5.74, 6) is 0.908. The molecule has 3 unspecified atom stereocenters. The summed E-state index contributed by atoms with van der Waals surface area (Å²) in [6, 6.07) is 1.28. The molecule has 3 nitrogen and oxygen atoms in total. The third kappa shape index (κ3) is 5.68. The van der Waals surface area contributed by atoms with E-state index < -0.39 is 0 Å². The summed E-state index contributed by atoms with van der Waals surface area (Å²) >= 11 is 0. The van der Waals surface area contributed by atoms with E-state index in [4.69, 9.17) is 4.74 Å². The predicted octanol–water partition coefficient (Wildman–Crippen LogP) is 2.51. The van der Waals surface area contributed by atoms with Crippen molar-refractivity contribution in [2.75, 3.05) is 33.4 Å². The van der Waals surface area contributed by atoms with Crippen molar-refractivity contribution in [1.82, 2.24) is 10.2 Å². The van der Waals surface area contributed by atoms with E-state index in [0.29, 0.717) is 6.04 Å². The van der Waals surface area contributed by atoms with Gasteiger partial charge in [-0.25, -0.2) is 0 Å². The number of methoxy groups -OCH3 is 1. The first kappa shape index (κ1) is 15.9. The second kappa shape index (κ2) is 8.89. The van der Waals surface area contributed by atoms with Crippen molar-refractivity contribution in [3.63, 3.8) is 0 Å². The summed E-state index contributed by atoms with van der Waals surface area (Å²) in [6.07, 6.45) is 5.55. The quantitative estimate of drug-likeness (QED) is 0.722. The van der Waals surface area contributed by atoms with Crippen LogP contribution in [0.25, 0.3) is 0 Å². The van der Waals surface area contributed by atoms with Gasteiger partial charge in [-0.3, -0.25) is 4.90 Å². The molecule has 0 aliphatic heterocycles. The first-order chi connectivity index (χ1) is 8.67. The van der Waals surface area contributed by atoms with E-state index in [1.807, 2.05) is 0 Å². The summed E-state index contributed by atoms with van der Waals surface area (Å²) in [6.45, 7) is 11.0. The van der Waals surface area contributed by atoms with Crippen LogP contribution >= 0.6 is 0 Å². The molecular weight excluding hydrogens is 224 g/mol. The molecule has 0 heterocycles. The summed E-state index contributed by atoms with van der Waals surface area (Å²) in [5.41, 5.74) is 0. The maximum Gasteiger partial charge on any atom is 0.0615 e. The van der Waals surface area contributed by atoms with Gasteiger partial charge in [-0.1, -0.05) is 26.7 Å². The molecule has 0 amide bonds. The van der Waals surface area contributed by atoms with E-state index >= 15 is 0 Å². The van der Waals surface area contributed by atoms with Gasteiger partial charge >= 0.3 is 0 Å². The molecule has 1 fully saturated rings. The molecule has 3 atom stereocenters. The molecule has 108 valence electrons. The topological polar surface area (TPSA) is 24.5 Å². The Morgan fingerprint density at radius 2 is 2.17 bits per heavy atom. The molecule has 1 aliphatic rings. The molecule has 0 saturated heterocycles. The van der Waals surface area contributed by atoms with Crippen molar-refractivity contribution in [2.45, 2.75) is 58.5 Å². The number of rotatable bonds is 8. The molecule has 0 spiro atoms. The van der Waals surface area contributed by atoms with E-state index in [9.17, 15) is 0 Å². The Morgan fingerprint density at radius 1 is 1.39 bits per heavy atom. The van der Waals surface area contributed by atoms with Crippen molar-refractivity contribution < 1.29 is 4.74 Å². The summed E-state index contributed by atoms with van der Waals surface area (Å²) in [5, 5.41) is 3.73. The summed E-state index contributed by atoms with van der Waals surface area (Å²) < 4.78 is 5.23. The van der Waals surface area contributed by atoms with Crippen molar-refractivity contribution >= 4 is 0 Å². The van der Waals surface area contributed by atoms with Gasteiger partial charge in [-0.2, -0.15) is 0 Å². The number of hydrogen-bond acceptors (Lipinski definition) is 3. The van der Waals surface area contributed by atoms with Gasteiger partial charge in [0.05, 0.1) is 6.61 Å². The van der Waals surface area contributed by atoms with Gasteiger partial charge < -0.3 is 10.1 Å². The summed E-state index contributed by atoms with van der Waals surface area (Å²) in [7, 11) is 1.78. The van der Waals surface area contributed by atoms with Crippen LogP contribution in [0.1, 0.15) is 46.5 Å². The maximum absolute atomic E-state index is 5.23. The highest BCUT2D eigenvalue weighted by atomic mass is 16.5. The lowest BCUT2D eigenvalue weighted by Crippen LogP contribution is -2.43. The van der Waals surface area contributed by atoms with E-state index in [1.54, 1.807) is 7.11 Å². The molecule has 1 rings (SSSR count). The molecule has 0 radical (unpaired) electrons. The smallest absolute Gasteiger partial charge is 0.0615 e. The van der Waals surface area contributed by atoms with Gasteiger partial charge in [-0.15, -0.1) is 0 Å². The van der Waals surface area contributed by atoms with Crippen molar-refractivity contribution in [3.8, 4) is 0 Å². The van der Waals surface area contributed by atoms with Gasteiger partial charge in [0.15, 0.2) is 0 Å². The average Bonchev–Trinajstić information content (AvgIpc) is 2.35. The molecule has 0 aromatic rings. The highest BCUT2D eigenvalue weighted by Crippen LogP contribution is 2.23. The third-order valence-corrected chi connectivity index (χ3v) is 4.21. The SMILES string of the molecule is CCN(CCNC1CCCC(C)C1)C(C)COC. The Hall–Kier alpha value is -0.120. The van der Waals surface area contributed by atoms with Gasteiger partial charge in [0, 0.05) is 32.3 Å². The van der Waals surface area contributed by atoms with Crippen LogP contribution < -0.4 is 5.32 Å². The van der Waals surface area contributed by atoms with Crippen LogP contribution in [0.5, 0.6) is 0 Å². The minimum Gasteiger partial charge on any atom is -0.383 e. The molecule has 0 aromatic carbocycles. The monoisotopic (exact) mass is 256 g/mol. The fraction of sp³-hybridized carbons (Fsp3) is 1.00. The lowest BCUT2D eigenvalue weighted by Gasteiger charge is -2.31.